The molecule has 7 nitrogen and oxygen atoms in total. The maximum Gasteiger partial charge on any atom is 0.293 e. The maximum absolute atomic E-state index is 13.2. The van der Waals surface area contributed by atoms with Crippen LogP contribution >= 0.6 is 0 Å². The number of para-hydroxylation sites is 1. The fourth-order valence-electron chi connectivity index (χ4n) is 4.25. The molecule has 138 valence electrons. The van der Waals surface area contributed by atoms with Crippen LogP contribution in [0.1, 0.15) is 59.4 Å². The van der Waals surface area contributed by atoms with E-state index in [1.165, 1.54) is 0 Å². The number of aromatic amines is 1. The summed E-state index contributed by atoms with van der Waals surface area (Å²) in [5.41, 5.74) is 2.34. The molecule has 1 unspecified atom stereocenters. The molecule has 5 rings (SSSR count). The van der Waals surface area contributed by atoms with Crippen LogP contribution in [0.3, 0.4) is 0 Å². The van der Waals surface area contributed by atoms with Crippen molar-refractivity contribution in [2.75, 3.05) is 6.54 Å². The molecule has 1 atom stereocenters. The third-order valence-electron chi connectivity index (χ3n) is 5.61. The number of hydrogen-bond donors (Lipinski definition) is 1. The number of nitrogens with zero attached hydrogens (tertiary/aromatic N) is 3. The third kappa shape index (κ3) is 2.65. The molecule has 2 aliphatic rings. The summed E-state index contributed by atoms with van der Waals surface area (Å²) in [6.07, 6.45) is 5.48. The van der Waals surface area contributed by atoms with Crippen LogP contribution in [0.25, 0.3) is 10.9 Å². The highest BCUT2D eigenvalue weighted by molar-refractivity contribution is 5.93. The minimum Gasteiger partial charge on any atom is -0.350 e. The molecule has 1 aliphatic carbocycles. The van der Waals surface area contributed by atoms with Gasteiger partial charge in [-0.2, -0.15) is 0 Å². The van der Waals surface area contributed by atoms with Gasteiger partial charge < -0.3 is 14.4 Å². The second-order valence-corrected chi connectivity index (χ2v) is 7.27. The molecule has 2 aromatic heterocycles. The molecular formula is C20H20N4O3. The van der Waals surface area contributed by atoms with Crippen molar-refractivity contribution in [1.29, 1.82) is 0 Å². The van der Waals surface area contributed by atoms with Gasteiger partial charge >= 0.3 is 0 Å². The minimum atomic E-state index is -0.251. The van der Waals surface area contributed by atoms with Crippen molar-refractivity contribution in [2.24, 2.45) is 0 Å². The first-order chi connectivity index (χ1) is 13.2. The predicted octanol–water partition coefficient (Wildman–Crippen LogP) is 2.77. The highest BCUT2D eigenvalue weighted by atomic mass is 16.5. The molecule has 1 amide bonds. The first kappa shape index (κ1) is 16.2. The molecule has 7 heteroatoms. The standard InChI is InChI=1S/C20H20N4O3/c25-19-13-7-2-3-8-14(13)21-18(22-19)16-10-5-11-24(16)20(26)17-12-6-1-4-9-15(12)23-27-17/h2-3,7-8,16H,1,4-6,9-11H2,(H,21,22,25). The molecule has 27 heavy (non-hydrogen) atoms. The zero-order valence-electron chi connectivity index (χ0n) is 14.9. The van der Waals surface area contributed by atoms with E-state index in [0.717, 1.165) is 49.8 Å². The Kier molecular flexibility index (Phi) is 3.81. The number of carbonyl (C=O) groups is 1. The van der Waals surface area contributed by atoms with E-state index in [-0.39, 0.29) is 17.5 Å². The maximum atomic E-state index is 13.2. The lowest BCUT2D eigenvalue weighted by atomic mass is 9.96. The lowest BCUT2D eigenvalue weighted by Crippen LogP contribution is -2.33. The van der Waals surface area contributed by atoms with E-state index >= 15 is 0 Å². The highest BCUT2D eigenvalue weighted by Crippen LogP contribution is 2.33. The molecule has 0 spiro atoms. The van der Waals surface area contributed by atoms with Gasteiger partial charge in [-0.05, 0) is 50.7 Å². The summed E-state index contributed by atoms with van der Waals surface area (Å²) in [5.74, 6) is 0.752. The number of H-pyrrole nitrogens is 1. The second-order valence-electron chi connectivity index (χ2n) is 7.27. The van der Waals surface area contributed by atoms with Gasteiger partial charge in [0.05, 0.1) is 22.6 Å². The Morgan fingerprint density at radius 1 is 1.19 bits per heavy atom. The average molecular weight is 364 g/mol. The molecular weight excluding hydrogens is 344 g/mol. The van der Waals surface area contributed by atoms with E-state index < -0.39 is 0 Å². The number of nitrogens with one attached hydrogen (secondary N) is 1. The molecule has 1 saturated heterocycles. The fraction of sp³-hybridized carbons (Fsp3) is 0.400. The quantitative estimate of drug-likeness (QED) is 0.755. The Balaban J connectivity index is 1.51. The number of aromatic nitrogens is 3. The van der Waals surface area contributed by atoms with Gasteiger partial charge in [0, 0.05) is 12.1 Å². The summed E-state index contributed by atoms with van der Waals surface area (Å²) in [6, 6.07) is 7.00. The Morgan fingerprint density at radius 2 is 2.04 bits per heavy atom. The van der Waals surface area contributed by atoms with Crippen molar-refractivity contribution in [3.05, 3.63) is 57.5 Å². The number of aryl methyl sites for hydroxylation is 1. The average Bonchev–Trinajstić information content (AvgIpc) is 3.35. The summed E-state index contributed by atoms with van der Waals surface area (Å²) in [4.78, 5) is 34.9. The topological polar surface area (TPSA) is 92.1 Å². The van der Waals surface area contributed by atoms with E-state index in [1.807, 2.05) is 18.2 Å². The molecule has 3 heterocycles. The SMILES string of the molecule is O=C(c1onc2c1CCCC2)N1CCCC1c1nc2ccccc2c(=O)[nH]1. The van der Waals surface area contributed by atoms with Gasteiger partial charge in [0.15, 0.2) is 0 Å². The van der Waals surface area contributed by atoms with Gasteiger partial charge in [-0.25, -0.2) is 4.98 Å². The summed E-state index contributed by atoms with van der Waals surface area (Å²) in [5, 5.41) is 4.66. The van der Waals surface area contributed by atoms with E-state index in [9.17, 15) is 9.59 Å². The van der Waals surface area contributed by atoms with Crippen molar-refractivity contribution in [3.63, 3.8) is 0 Å². The van der Waals surface area contributed by atoms with Gasteiger partial charge in [0.2, 0.25) is 5.76 Å². The normalized spacial score (nSPS) is 19.4. The predicted molar refractivity (Wildman–Crippen MR) is 98.5 cm³/mol. The van der Waals surface area contributed by atoms with Gasteiger partial charge in [-0.3, -0.25) is 9.59 Å². The van der Waals surface area contributed by atoms with Crippen molar-refractivity contribution in [3.8, 4) is 0 Å². The zero-order valence-corrected chi connectivity index (χ0v) is 14.9. The number of rotatable bonds is 2. The van der Waals surface area contributed by atoms with Gasteiger partial charge in [-0.1, -0.05) is 17.3 Å². The lowest BCUT2D eigenvalue weighted by Gasteiger charge is -2.23. The number of carbonyl (C=O) groups excluding carboxylic acids is 1. The van der Waals surface area contributed by atoms with E-state index in [0.29, 0.717) is 29.0 Å². The Morgan fingerprint density at radius 3 is 2.96 bits per heavy atom. The fourth-order valence-corrected chi connectivity index (χ4v) is 4.25. The molecule has 0 radical (unpaired) electrons. The summed E-state index contributed by atoms with van der Waals surface area (Å²) in [7, 11) is 0. The molecule has 0 saturated carbocycles. The van der Waals surface area contributed by atoms with Crippen LogP contribution in [-0.2, 0) is 12.8 Å². The minimum absolute atomic E-state index is 0.149. The van der Waals surface area contributed by atoms with Crippen LogP contribution in [-0.4, -0.2) is 32.5 Å². The molecule has 1 aliphatic heterocycles. The van der Waals surface area contributed by atoms with Crippen molar-refractivity contribution in [2.45, 2.75) is 44.6 Å². The van der Waals surface area contributed by atoms with Crippen LogP contribution in [0.15, 0.2) is 33.6 Å². The monoisotopic (exact) mass is 364 g/mol. The van der Waals surface area contributed by atoms with Crippen LogP contribution in [0.4, 0.5) is 0 Å². The number of amides is 1. The van der Waals surface area contributed by atoms with Crippen LogP contribution < -0.4 is 5.56 Å². The largest absolute Gasteiger partial charge is 0.350 e. The van der Waals surface area contributed by atoms with Gasteiger partial charge in [0.25, 0.3) is 11.5 Å². The van der Waals surface area contributed by atoms with Gasteiger partial charge in [-0.15, -0.1) is 0 Å². The third-order valence-corrected chi connectivity index (χ3v) is 5.61. The molecule has 0 bridgehead atoms. The number of fused-ring (bicyclic) bond motifs is 2. The smallest absolute Gasteiger partial charge is 0.293 e. The lowest BCUT2D eigenvalue weighted by molar-refractivity contribution is 0.0686. The highest BCUT2D eigenvalue weighted by Gasteiger charge is 2.36. The second kappa shape index (κ2) is 6.33. The summed E-state index contributed by atoms with van der Waals surface area (Å²) in [6.45, 7) is 0.621. The Labute approximate surface area is 155 Å². The zero-order chi connectivity index (χ0) is 18.4. The molecule has 1 N–H and O–H groups in total. The summed E-state index contributed by atoms with van der Waals surface area (Å²) >= 11 is 0. The Hall–Kier alpha value is -2.96. The van der Waals surface area contributed by atoms with Crippen LogP contribution in [0.5, 0.6) is 0 Å². The Bertz CT molecular complexity index is 1080. The van der Waals surface area contributed by atoms with Gasteiger partial charge in [0.1, 0.15) is 5.82 Å². The first-order valence-electron chi connectivity index (χ1n) is 9.50. The van der Waals surface area contributed by atoms with Crippen LogP contribution in [0.2, 0.25) is 0 Å². The molecule has 1 fully saturated rings. The van der Waals surface area contributed by atoms with Crippen molar-refractivity contribution < 1.29 is 9.32 Å². The van der Waals surface area contributed by atoms with Crippen molar-refractivity contribution in [1.82, 2.24) is 20.0 Å². The number of hydrogen-bond acceptors (Lipinski definition) is 5. The molecule has 1 aromatic carbocycles. The number of benzene rings is 1. The number of likely N-dealkylation sites (tertiary alicyclic amines) is 1. The first-order valence-corrected chi connectivity index (χ1v) is 9.50. The summed E-state index contributed by atoms with van der Waals surface area (Å²) < 4.78 is 5.44. The van der Waals surface area contributed by atoms with E-state index in [2.05, 4.69) is 15.1 Å². The van der Waals surface area contributed by atoms with E-state index in [1.54, 1.807) is 11.0 Å². The molecule has 3 aromatic rings. The van der Waals surface area contributed by atoms with Crippen molar-refractivity contribution >= 4 is 16.8 Å². The van der Waals surface area contributed by atoms with E-state index in [4.69, 9.17) is 4.52 Å². The van der Waals surface area contributed by atoms with Crippen LogP contribution in [0, 0.1) is 0 Å².